The number of hydrogen-bond acceptors (Lipinski definition) is 1. The van der Waals surface area contributed by atoms with Gasteiger partial charge in [0.25, 0.3) is 0 Å². The van der Waals surface area contributed by atoms with E-state index in [0.29, 0.717) is 13.0 Å². The van der Waals surface area contributed by atoms with Crippen LogP contribution in [0.1, 0.15) is 29.0 Å². The molecule has 0 fully saturated rings. The molecule has 2 rings (SSSR count). The second-order valence-corrected chi connectivity index (χ2v) is 4.66. The maximum Gasteiger partial charge on any atom is 0.416 e. The zero-order chi connectivity index (χ0) is 14.6. The fourth-order valence-corrected chi connectivity index (χ4v) is 2.28. The SMILES string of the molecule is Cl.NCCC(c1ccccc1)c1ccc(C(F)(F)F)cc1. The summed E-state index contributed by atoms with van der Waals surface area (Å²) in [7, 11) is 0. The van der Waals surface area contributed by atoms with Crippen LogP contribution in [0, 0.1) is 0 Å². The van der Waals surface area contributed by atoms with E-state index in [9.17, 15) is 13.2 Å². The van der Waals surface area contributed by atoms with Crippen LogP contribution in [0.15, 0.2) is 54.6 Å². The van der Waals surface area contributed by atoms with Gasteiger partial charge in [-0.2, -0.15) is 13.2 Å². The van der Waals surface area contributed by atoms with Crippen LogP contribution < -0.4 is 5.73 Å². The van der Waals surface area contributed by atoms with Gasteiger partial charge in [0.1, 0.15) is 0 Å². The molecule has 0 aromatic heterocycles. The lowest BCUT2D eigenvalue weighted by atomic mass is 9.88. The number of rotatable bonds is 4. The maximum absolute atomic E-state index is 12.6. The quantitative estimate of drug-likeness (QED) is 0.876. The molecule has 1 atom stereocenters. The fraction of sp³-hybridized carbons (Fsp3) is 0.250. The number of halogens is 4. The van der Waals surface area contributed by atoms with Gasteiger partial charge < -0.3 is 5.73 Å². The Hall–Kier alpha value is -1.52. The Kier molecular flexibility index (Phi) is 6.24. The molecule has 0 radical (unpaired) electrons. The molecule has 2 aromatic rings. The summed E-state index contributed by atoms with van der Waals surface area (Å²) < 4.78 is 37.7. The molecule has 0 amide bonds. The van der Waals surface area contributed by atoms with Gasteiger partial charge in [0.2, 0.25) is 0 Å². The molecule has 0 saturated heterocycles. The van der Waals surface area contributed by atoms with Gasteiger partial charge in [0.15, 0.2) is 0 Å². The van der Waals surface area contributed by atoms with E-state index in [2.05, 4.69) is 0 Å². The molecule has 0 bridgehead atoms. The van der Waals surface area contributed by atoms with Crippen LogP contribution in [0.3, 0.4) is 0 Å². The number of hydrogen-bond donors (Lipinski definition) is 1. The maximum atomic E-state index is 12.6. The minimum absolute atomic E-state index is 0. The first-order chi connectivity index (χ1) is 9.52. The predicted molar refractivity (Wildman–Crippen MR) is 80.6 cm³/mol. The lowest BCUT2D eigenvalue weighted by Crippen LogP contribution is -2.10. The zero-order valence-electron chi connectivity index (χ0n) is 11.3. The molecule has 0 saturated carbocycles. The fourth-order valence-electron chi connectivity index (χ4n) is 2.28. The molecule has 114 valence electrons. The van der Waals surface area contributed by atoms with Crippen LogP contribution >= 0.6 is 12.4 Å². The highest BCUT2D eigenvalue weighted by Gasteiger charge is 2.30. The largest absolute Gasteiger partial charge is 0.416 e. The monoisotopic (exact) mass is 315 g/mol. The smallest absolute Gasteiger partial charge is 0.330 e. The van der Waals surface area contributed by atoms with Crippen molar-refractivity contribution in [2.75, 3.05) is 6.54 Å². The van der Waals surface area contributed by atoms with E-state index in [1.807, 2.05) is 30.3 Å². The molecule has 0 heterocycles. The van der Waals surface area contributed by atoms with Crippen LogP contribution in [0.4, 0.5) is 13.2 Å². The molecule has 5 heteroatoms. The first-order valence-electron chi connectivity index (χ1n) is 6.44. The van der Waals surface area contributed by atoms with Crippen molar-refractivity contribution in [1.29, 1.82) is 0 Å². The van der Waals surface area contributed by atoms with E-state index in [1.54, 1.807) is 0 Å². The average Bonchev–Trinajstić information content (AvgIpc) is 2.45. The van der Waals surface area contributed by atoms with Gasteiger partial charge in [0.05, 0.1) is 5.56 Å². The molecule has 2 aromatic carbocycles. The van der Waals surface area contributed by atoms with Crippen molar-refractivity contribution in [2.45, 2.75) is 18.5 Å². The molecule has 0 spiro atoms. The Bertz CT molecular complexity index is 538. The summed E-state index contributed by atoms with van der Waals surface area (Å²) >= 11 is 0. The first kappa shape index (κ1) is 17.5. The number of benzene rings is 2. The Balaban J connectivity index is 0.00000220. The molecule has 0 aliphatic carbocycles. The van der Waals surface area contributed by atoms with Crippen molar-refractivity contribution < 1.29 is 13.2 Å². The second-order valence-electron chi connectivity index (χ2n) is 4.66. The third kappa shape index (κ3) is 4.48. The Morgan fingerprint density at radius 3 is 1.86 bits per heavy atom. The number of alkyl halides is 3. The molecule has 2 N–H and O–H groups in total. The van der Waals surface area contributed by atoms with Crippen molar-refractivity contribution in [1.82, 2.24) is 0 Å². The molecule has 21 heavy (non-hydrogen) atoms. The van der Waals surface area contributed by atoms with Crippen LogP contribution in [-0.2, 0) is 6.18 Å². The summed E-state index contributed by atoms with van der Waals surface area (Å²) in [6, 6.07) is 15.0. The molecule has 1 nitrogen and oxygen atoms in total. The van der Waals surface area contributed by atoms with E-state index >= 15 is 0 Å². The Morgan fingerprint density at radius 1 is 0.857 bits per heavy atom. The summed E-state index contributed by atoms with van der Waals surface area (Å²) in [5, 5.41) is 0. The van der Waals surface area contributed by atoms with Gasteiger partial charge >= 0.3 is 6.18 Å². The molecule has 1 unspecified atom stereocenters. The predicted octanol–water partition coefficient (Wildman–Crippen LogP) is 4.61. The molecular weight excluding hydrogens is 299 g/mol. The summed E-state index contributed by atoms with van der Waals surface area (Å²) in [5.41, 5.74) is 6.92. The van der Waals surface area contributed by atoms with Crippen molar-refractivity contribution in [2.24, 2.45) is 5.73 Å². The summed E-state index contributed by atoms with van der Waals surface area (Å²) in [4.78, 5) is 0. The summed E-state index contributed by atoms with van der Waals surface area (Å²) in [5.74, 6) is 0.0310. The van der Waals surface area contributed by atoms with Gasteiger partial charge in [0, 0.05) is 5.92 Å². The highest BCUT2D eigenvalue weighted by atomic mass is 35.5. The highest BCUT2D eigenvalue weighted by Crippen LogP contribution is 2.32. The van der Waals surface area contributed by atoms with E-state index < -0.39 is 11.7 Å². The van der Waals surface area contributed by atoms with Crippen molar-refractivity contribution >= 4 is 12.4 Å². The van der Waals surface area contributed by atoms with Gasteiger partial charge in [-0.05, 0) is 36.2 Å². The second kappa shape index (κ2) is 7.48. The van der Waals surface area contributed by atoms with Gasteiger partial charge in [-0.25, -0.2) is 0 Å². The van der Waals surface area contributed by atoms with Crippen molar-refractivity contribution in [3.63, 3.8) is 0 Å². The third-order valence-electron chi connectivity index (χ3n) is 3.30. The van der Waals surface area contributed by atoms with Gasteiger partial charge in [-0.15, -0.1) is 12.4 Å². The van der Waals surface area contributed by atoms with E-state index in [4.69, 9.17) is 5.73 Å². The van der Waals surface area contributed by atoms with E-state index in [0.717, 1.165) is 23.3 Å². The lowest BCUT2D eigenvalue weighted by Gasteiger charge is -2.18. The minimum Gasteiger partial charge on any atom is -0.330 e. The van der Waals surface area contributed by atoms with E-state index in [1.165, 1.54) is 12.1 Å². The normalized spacial score (nSPS) is 12.6. The van der Waals surface area contributed by atoms with Crippen LogP contribution in [0.25, 0.3) is 0 Å². The van der Waals surface area contributed by atoms with Crippen LogP contribution in [-0.4, -0.2) is 6.54 Å². The first-order valence-corrected chi connectivity index (χ1v) is 6.44. The van der Waals surface area contributed by atoms with Gasteiger partial charge in [-0.3, -0.25) is 0 Å². The lowest BCUT2D eigenvalue weighted by molar-refractivity contribution is -0.137. The van der Waals surface area contributed by atoms with Crippen molar-refractivity contribution in [3.05, 3.63) is 71.3 Å². The average molecular weight is 316 g/mol. The Labute approximate surface area is 128 Å². The third-order valence-corrected chi connectivity index (χ3v) is 3.30. The van der Waals surface area contributed by atoms with Crippen LogP contribution in [0.2, 0.25) is 0 Å². The van der Waals surface area contributed by atoms with E-state index in [-0.39, 0.29) is 18.3 Å². The topological polar surface area (TPSA) is 26.0 Å². The molecule has 0 aliphatic heterocycles. The van der Waals surface area contributed by atoms with Crippen molar-refractivity contribution in [3.8, 4) is 0 Å². The summed E-state index contributed by atoms with van der Waals surface area (Å²) in [6.07, 6.45) is -3.59. The summed E-state index contributed by atoms with van der Waals surface area (Å²) in [6.45, 7) is 0.487. The van der Waals surface area contributed by atoms with Crippen LogP contribution in [0.5, 0.6) is 0 Å². The highest BCUT2D eigenvalue weighted by molar-refractivity contribution is 5.85. The van der Waals surface area contributed by atoms with Gasteiger partial charge in [-0.1, -0.05) is 42.5 Å². The minimum atomic E-state index is -4.30. The zero-order valence-corrected chi connectivity index (χ0v) is 12.1. The number of nitrogens with two attached hydrogens (primary N) is 1. The molecule has 0 aliphatic rings. The standard InChI is InChI=1S/C16H16F3N.ClH/c17-16(18,19)14-8-6-13(7-9-14)15(10-11-20)12-4-2-1-3-5-12;/h1-9,15H,10-11,20H2;1H. The Morgan fingerprint density at radius 2 is 1.38 bits per heavy atom. The molecular formula is C16H17ClF3N.